The summed E-state index contributed by atoms with van der Waals surface area (Å²) in [6.07, 6.45) is 0. The summed E-state index contributed by atoms with van der Waals surface area (Å²) in [7, 11) is -3.61. The van der Waals surface area contributed by atoms with Gasteiger partial charge in [-0.2, -0.15) is 10.4 Å². The van der Waals surface area contributed by atoms with E-state index < -0.39 is 10.0 Å². The van der Waals surface area contributed by atoms with Crippen molar-refractivity contribution >= 4 is 21.5 Å². The molecule has 7 nitrogen and oxygen atoms in total. The number of aryl methyl sites for hydroxylation is 1. The number of hydrogen-bond donors (Lipinski definition) is 3. The molecule has 4 N–H and O–H groups in total. The molecule has 0 saturated heterocycles. The first kappa shape index (κ1) is 13.9. The fourth-order valence-electron chi connectivity index (χ4n) is 1.59. The molecule has 0 saturated carbocycles. The SMILES string of the molecule is Cc1[nH]nc(NS(=O)(=O)Cc2ccc(C#N)cc2)c1N. The summed E-state index contributed by atoms with van der Waals surface area (Å²) < 4.78 is 26.3. The summed E-state index contributed by atoms with van der Waals surface area (Å²) >= 11 is 0. The van der Waals surface area contributed by atoms with Crippen molar-refractivity contribution in [3.63, 3.8) is 0 Å². The first-order valence-corrected chi connectivity index (χ1v) is 7.36. The third kappa shape index (κ3) is 3.07. The van der Waals surface area contributed by atoms with Crippen molar-refractivity contribution in [1.29, 1.82) is 5.26 Å². The molecule has 1 heterocycles. The molecule has 0 amide bonds. The number of nitrogens with two attached hydrogens (primary N) is 1. The van der Waals surface area contributed by atoms with E-state index in [4.69, 9.17) is 11.0 Å². The first-order chi connectivity index (χ1) is 9.41. The smallest absolute Gasteiger partial charge is 0.238 e. The second-order valence-electron chi connectivity index (χ2n) is 4.28. The van der Waals surface area contributed by atoms with Gasteiger partial charge in [0.25, 0.3) is 0 Å². The van der Waals surface area contributed by atoms with Gasteiger partial charge in [-0.05, 0) is 24.6 Å². The zero-order chi connectivity index (χ0) is 14.8. The molecule has 8 heteroatoms. The molecule has 0 aliphatic heterocycles. The maximum atomic E-state index is 12.0. The summed E-state index contributed by atoms with van der Waals surface area (Å²) in [5.74, 6) is -0.125. The molecule has 0 fully saturated rings. The standard InChI is InChI=1S/C12H13N5O2S/c1-8-11(14)12(16-15-8)17-20(18,19)7-10-4-2-9(6-13)3-5-10/h2-5H,7,14H2,1H3,(H2,15,16,17). The van der Waals surface area contributed by atoms with Crippen LogP contribution in [0.4, 0.5) is 11.5 Å². The highest BCUT2D eigenvalue weighted by Gasteiger charge is 2.16. The molecule has 20 heavy (non-hydrogen) atoms. The summed E-state index contributed by atoms with van der Waals surface area (Å²) in [4.78, 5) is 0. The molecule has 0 spiro atoms. The van der Waals surface area contributed by atoms with Gasteiger partial charge in [0.15, 0.2) is 5.82 Å². The van der Waals surface area contributed by atoms with Crippen LogP contribution in [0, 0.1) is 18.3 Å². The van der Waals surface area contributed by atoms with Crippen LogP contribution >= 0.6 is 0 Å². The van der Waals surface area contributed by atoms with Gasteiger partial charge in [0.1, 0.15) is 0 Å². The third-order valence-electron chi connectivity index (χ3n) is 2.69. The molecule has 0 unspecified atom stereocenters. The quantitative estimate of drug-likeness (QED) is 0.778. The lowest BCUT2D eigenvalue weighted by molar-refractivity contribution is 0.600. The number of aromatic amines is 1. The van der Waals surface area contributed by atoms with Crippen molar-refractivity contribution in [1.82, 2.24) is 10.2 Å². The van der Waals surface area contributed by atoms with Crippen LogP contribution in [0.25, 0.3) is 0 Å². The average Bonchev–Trinajstić information content (AvgIpc) is 2.71. The van der Waals surface area contributed by atoms with Crippen LogP contribution < -0.4 is 10.5 Å². The predicted octanol–water partition coefficient (Wildman–Crippen LogP) is 1.11. The van der Waals surface area contributed by atoms with Crippen LogP contribution in [0.2, 0.25) is 0 Å². The second-order valence-corrected chi connectivity index (χ2v) is 6.00. The van der Waals surface area contributed by atoms with Gasteiger partial charge in [-0.25, -0.2) is 8.42 Å². The van der Waals surface area contributed by atoms with Crippen LogP contribution in [-0.4, -0.2) is 18.6 Å². The maximum absolute atomic E-state index is 12.0. The number of rotatable bonds is 4. The summed E-state index contributed by atoms with van der Waals surface area (Å²) in [5.41, 5.74) is 7.60. The van der Waals surface area contributed by atoms with Gasteiger partial charge in [0, 0.05) is 0 Å². The van der Waals surface area contributed by atoms with Crippen LogP contribution in [-0.2, 0) is 15.8 Å². The number of nitrogens with zero attached hydrogens (tertiary/aromatic N) is 2. The van der Waals surface area contributed by atoms with E-state index >= 15 is 0 Å². The van der Waals surface area contributed by atoms with E-state index in [2.05, 4.69) is 14.9 Å². The second kappa shape index (κ2) is 5.22. The number of benzene rings is 1. The Bertz CT molecular complexity index is 756. The molecule has 0 bridgehead atoms. The monoisotopic (exact) mass is 291 g/mol. The Hall–Kier alpha value is -2.53. The van der Waals surface area contributed by atoms with Crippen molar-refractivity contribution in [2.75, 3.05) is 10.5 Å². The Kier molecular flexibility index (Phi) is 3.63. The lowest BCUT2D eigenvalue weighted by Crippen LogP contribution is -2.16. The van der Waals surface area contributed by atoms with E-state index in [-0.39, 0.29) is 17.3 Å². The summed E-state index contributed by atoms with van der Waals surface area (Å²) in [6, 6.07) is 8.29. The molecule has 0 radical (unpaired) electrons. The molecule has 0 aliphatic carbocycles. The highest BCUT2D eigenvalue weighted by Crippen LogP contribution is 2.20. The Balaban J connectivity index is 2.15. The van der Waals surface area contributed by atoms with Crippen LogP contribution in [0.3, 0.4) is 0 Å². The Morgan fingerprint density at radius 3 is 2.55 bits per heavy atom. The number of hydrogen-bond acceptors (Lipinski definition) is 5. The number of aromatic nitrogens is 2. The van der Waals surface area contributed by atoms with Crippen molar-refractivity contribution in [3.05, 3.63) is 41.1 Å². The van der Waals surface area contributed by atoms with Crippen molar-refractivity contribution < 1.29 is 8.42 Å². The molecule has 104 valence electrons. The molecule has 0 aliphatic rings. The third-order valence-corrected chi connectivity index (χ3v) is 3.90. The van der Waals surface area contributed by atoms with Gasteiger partial charge < -0.3 is 5.73 Å². The summed E-state index contributed by atoms with van der Waals surface area (Å²) in [5, 5.41) is 15.1. The molecule has 1 aromatic heterocycles. The minimum absolute atomic E-state index is 0.0937. The molecular formula is C12H13N5O2S. The van der Waals surface area contributed by atoms with E-state index in [0.717, 1.165) is 0 Å². The van der Waals surface area contributed by atoms with Crippen LogP contribution in [0.1, 0.15) is 16.8 Å². The highest BCUT2D eigenvalue weighted by molar-refractivity contribution is 7.91. The number of sulfonamides is 1. The van der Waals surface area contributed by atoms with Gasteiger partial charge in [0.05, 0.1) is 28.8 Å². The van der Waals surface area contributed by atoms with Crippen molar-refractivity contribution in [2.24, 2.45) is 0 Å². The first-order valence-electron chi connectivity index (χ1n) is 5.71. The fourth-order valence-corrected chi connectivity index (χ4v) is 2.75. The minimum atomic E-state index is -3.61. The molecule has 0 atom stereocenters. The maximum Gasteiger partial charge on any atom is 0.238 e. The predicted molar refractivity (Wildman–Crippen MR) is 75.1 cm³/mol. The molecule has 2 aromatic rings. The number of nitrogens with one attached hydrogen (secondary N) is 2. The van der Waals surface area contributed by atoms with Gasteiger partial charge in [0.2, 0.25) is 10.0 Å². The topological polar surface area (TPSA) is 125 Å². The largest absolute Gasteiger partial charge is 0.394 e. The van der Waals surface area contributed by atoms with Gasteiger partial charge in [-0.15, -0.1) is 0 Å². The van der Waals surface area contributed by atoms with Gasteiger partial charge >= 0.3 is 0 Å². The number of H-pyrrole nitrogens is 1. The highest BCUT2D eigenvalue weighted by atomic mass is 32.2. The van der Waals surface area contributed by atoms with E-state index in [1.165, 1.54) is 0 Å². The normalized spacial score (nSPS) is 11.0. The van der Waals surface area contributed by atoms with E-state index in [1.807, 2.05) is 6.07 Å². The zero-order valence-corrected chi connectivity index (χ0v) is 11.5. The Morgan fingerprint density at radius 2 is 2.05 bits per heavy atom. The van der Waals surface area contributed by atoms with Crippen molar-refractivity contribution in [2.45, 2.75) is 12.7 Å². The van der Waals surface area contributed by atoms with Crippen LogP contribution in [0.15, 0.2) is 24.3 Å². The number of anilines is 2. The van der Waals surface area contributed by atoms with Crippen LogP contribution in [0.5, 0.6) is 0 Å². The van der Waals surface area contributed by atoms with E-state index in [9.17, 15) is 8.42 Å². The molecule has 1 aromatic carbocycles. The lowest BCUT2D eigenvalue weighted by atomic mass is 10.2. The minimum Gasteiger partial charge on any atom is -0.394 e. The molecular weight excluding hydrogens is 278 g/mol. The molecule has 2 rings (SSSR count). The van der Waals surface area contributed by atoms with E-state index in [0.29, 0.717) is 16.8 Å². The van der Waals surface area contributed by atoms with Crippen molar-refractivity contribution in [3.8, 4) is 6.07 Å². The average molecular weight is 291 g/mol. The number of nitrogen functional groups attached to an aromatic ring is 1. The Morgan fingerprint density at radius 1 is 1.40 bits per heavy atom. The summed E-state index contributed by atoms with van der Waals surface area (Å²) in [6.45, 7) is 1.70. The lowest BCUT2D eigenvalue weighted by Gasteiger charge is -2.06. The van der Waals surface area contributed by atoms with E-state index in [1.54, 1.807) is 31.2 Å². The Labute approximate surface area is 116 Å². The fraction of sp³-hybridized carbons (Fsp3) is 0.167. The van der Waals surface area contributed by atoms with Gasteiger partial charge in [-0.1, -0.05) is 12.1 Å². The zero-order valence-electron chi connectivity index (χ0n) is 10.7. The van der Waals surface area contributed by atoms with Gasteiger partial charge in [-0.3, -0.25) is 9.82 Å². The number of nitriles is 1.